The average Bonchev–Trinajstić information content (AvgIpc) is 2.20. The quantitative estimate of drug-likeness (QED) is 0.801. The minimum Gasteiger partial charge on any atom is -0.493 e. The maximum Gasteiger partial charge on any atom is 0.226 e. The topological polar surface area (TPSA) is 35.5 Å². The Hall–Kier alpha value is -0.740. The van der Waals surface area contributed by atoms with Gasteiger partial charge in [-0.05, 0) is 23.7 Å². The van der Waals surface area contributed by atoms with Crippen molar-refractivity contribution in [2.24, 2.45) is 0 Å². The standard InChI is InChI=1S/C10H10BrClO3/c1-14-8-4-3-7(11)6(5-9(12)13)10(8)15-2/h3-4H,5H2,1-2H3. The maximum absolute atomic E-state index is 10.9. The van der Waals surface area contributed by atoms with Crippen molar-refractivity contribution in [3.05, 3.63) is 22.2 Å². The van der Waals surface area contributed by atoms with E-state index in [0.717, 1.165) is 4.47 Å². The molecular formula is C10H10BrClO3. The highest BCUT2D eigenvalue weighted by Gasteiger charge is 2.15. The van der Waals surface area contributed by atoms with Crippen molar-refractivity contribution in [2.45, 2.75) is 6.42 Å². The Bertz CT molecular complexity index is 379. The van der Waals surface area contributed by atoms with Gasteiger partial charge in [-0.15, -0.1) is 0 Å². The molecular weight excluding hydrogens is 283 g/mol. The molecule has 1 aromatic carbocycles. The fraction of sp³-hybridized carbons (Fsp3) is 0.300. The molecule has 1 aromatic rings. The first-order valence-electron chi connectivity index (χ1n) is 4.17. The fourth-order valence-corrected chi connectivity index (χ4v) is 1.86. The van der Waals surface area contributed by atoms with Crippen LogP contribution in [0.1, 0.15) is 5.56 Å². The van der Waals surface area contributed by atoms with Gasteiger partial charge in [0.25, 0.3) is 0 Å². The molecule has 0 saturated heterocycles. The number of benzene rings is 1. The minimum atomic E-state index is -0.442. The van der Waals surface area contributed by atoms with Gasteiger partial charge < -0.3 is 9.47 Å². The zero-order chi connectivity index (χ0) is 11.4. The van der Waals surface area contributed by atoms with Crippen LogP contribution in [-0.4, -0.2) is 19.5 Å². The van der Waals surface area contributed by atoms with E-state index in [0.29, 0.717) is 17.1 Å². The SMILES string of the molecule is COc1ccc(Br)c(CC(=O)Cl)c1OC. The van der Waals surface area contributed by atoms with E-state index in [1.165, 1.54) is 14.2 Å². The number of hydrogen-bond acceptors (Lipinski definition) is 3. The van der Waals surface area contributed by atoms with Crippen LogP contribution in [-0.2, 0) is 11.2 Å². The first-order chi connectivity index (χ1) is 7.10. The molecule has 82 valence electrons. The van der Waals surface area contributed by atoms with E-state index in [-0.39, 0.29) is 6.42 Å². The molecule has 0 aromatic heterocycles. The van der Waals surface area contributed by atoms with E-state index in [2.05, 4.69) is 15.9 Å². The van der Waals surface area contributed by atoms with Gasteiger partial charge in [0.1, 0.15) is 0 Å². The Kier molecular flexibility index (Phi) is 4.42. The van der Waals surface area contributed by atoms with E-state index < -0.39 is 5.24 Å². The van der Waals surface area contributed by atoms with Crippen LogP contribution in [0.15, 0.2) is 16.6 Å². The van der Waals surface area contributed by atoms with Gasteiger partial charge in [-0.3, -0.25) is 4.79 Å². The molecule has 0 aliphatic heterocycles. The highest BCUT2D eigenvalue weighted by Crippen LogP contribution is 2.36. The van der Waals surface area contributed by atoms with Crippen LogP contribution in [0.3, 0.4) is 0 Å². The van der Waals surface area contributed by atoms with E-state index in [4.69, 9.17) is 21.1 Å². The summed E-state index contributed by atoms with van der Waals surface area (Å²) in [6.45, 7) is 0. The average molecular weight is 294 g/mol. The van der Waals surface area contributed by atoms with Crippen molar-refractivity contribution < 1.29 is 14.3 Å². The summed E-state index contributed by atoms with van der Waals surface area (Å²) in [4.78, 5) is 10.9. The van der Waals surface area contributed by atoms with Crippen LogP contribution in [0.2, 0.25) is 0 Å². The molecule has 0 saturated carbocycles. The summed E-state index contributed by atoms with van der Waals surface area (Å²) in [6.07, 6.45) is 0.0997. The van der Waals surface area contributed by atoms with Crippen LogP contribution in [0.5, 0.6) is 11.5 Å². The van der Waals surface area contributed by atoms with Gasteiger partial charge >= 0.3 is 0 Å². The van der Waals surface area contributed by atoms with Gasteiger partial charge in [-0.25, -0.2) is 0 Å². The summed E-state index contributed by atoms with van der Waals surface area (Å²) in [5.41, 5.74) is 0.692. The molecule has 15 heavy (non-hydrogen) atoms. The largest absolute Gasteiger partial charge is 0.493 e. The predicted octanol–water partition coefficient (Wildman–Crippen LogP) is 2.77. The lowest BCUT2D eigenvalue weighted by Gasteiger charge is -2.12. The fourth-order valence-electron chi connectivity index (χ4n) is 1.27. The van der Waals surface area contributed by atoms with Crippen LogP contribution >= 0.6 is 27.5 Å². The number of rotatable bonds is 4. The van der Waals surface area contributed by atoms with Crippen molar-refractivity contribution in [3.63, 3.8) is 0 Å². The monoisotopic (exact) mass is 292 g/mol. The normalized spacial score (nSPS) is 9.87. The number of ether oxygens (including phenoxy) is 2. The lowest BCUT2D eigenvalue weighted by atomic mass is 10.1. The summed E-state index contributed by atoms with van der Waals surface area (Å²) in [5.74, 6) is 1.11. The zero-order valence-electron chi connectivity index (χ0n) is 8.34. The molecule has 0 unspecified atom stereocenters. The number of hydrogen-bond donors (Lipinski definition) is 0. The molecule has 0 N–H and O–H groups in total. The van der Waals surface area contributed by atoms with Crippen molar-refractivity contribution in [3.8, 4) is 11.5 Å². The Balaban J connectivity index is 3.25. The van der Waals surface area contributed by atoms with Crippen molar-refractivity contribution >= 4 is 32.8 Å². The molecule has 0 heterocycles. The molecule has 3 nitrogen and oxygen atoms in total. The van der Waals surface area contributed by atoms with Crippen LogP contribution < -0.4 is 9.47 Å². The lowest BCUT2D eigenvalue weighted by molar-refractivity contribution is -0.111. The van der Waals surface area contributed by atoms with Gasteiger partial charge in [0, 0.05) is 10.0 Å². The lowest BCUT2D eigenvalue weighted by Crippen LogP contribution is -2.01. The highest BCUT2D eigenvalue weighted by molar-refractivity contribution is 9.10. The molecule has 0 aliphatic carbocycles. The second-order valence-electron chi connectivity index (χ2n) is 2.79. The van der Waals surface area contributed by atoms with Crippen LogP contribution in [0.25, 0.3) is 0 Å². The first kappa shape index (κ1) is 12.3. The molecule has 0 amide bonds. The number of halogens is 2. The van der Waals surface area contributed by atoms with E-state index >= 15 is 0 Å². The molecule has 0 fully saturated rings. The third-order valence-corrected chi connectivity index (χ3v) is 2.78. The Labute approximate surface area is 101 Å². The minimum absolute atomic E-state index is 0.0997. The summed E-state index contributed by atoms with van der Waals surface area (Å²) < 4.78 is 11.1. The second kappa shape index (κ2) is 5.37. The van der Waals surface area contributed by atoms with Gasteiger partial charge in [0.05, 0.1) is 20.6 Å². The zero-order valence-corrected chi connectivity index (χ0v) is 10.7. The molecule has 0 atom stereocenters. The van der Waals surface area contributed by atoms with Gasteiger partial charge in [-0.2, -0.15) is 0 Å². The molecule has 1 rings (SSSR count). The maximum atomic E-state index is 10.9. The second-order valence-corrected chi connectivity index (χ2v) is 4.07. The number of carbonyl (C=O) groups excluding carboxylic acids is 1. The first-order valence-corrected chi connectivity index (χ1v) is 5.35. The predicted molar refractivity (Wildman–Crippen MR) is 61.8 cm³/mol. The summed E-state index contributed by atoms with van der Waals surface area (Å²) in [6, 6.07) is 3.54. The summed E-state index contributed by atoms with van der Waals surface area (Å²) in [7, 11) is 3.06. The Morgan fingerprint density at radius 2 is 2.07 bits per heavy atom. The van der Waals surface area contributed by atoms with Crippen LogP contribution in [0.4, 0.5) is 0 Å². The van der Waals surface area contributed by atoms with Gasteiger partial charge in [0.15, 0.2) is 11.5 Å². The number of carbonyl (C=O) groups is 1. The molecule has 5 heteroatoms. The molecule has 0 spiro atoms. The van der Waals surface area contributed by atoms with Gasteiger partial charge in [-0.1, -0.05) is 15.9 Å². The van der Waals surface area contributed by atoms with E-state index in [1.807, 2.05) is 0 Å². The molecule has 0 bridgehead atoms. The Morgan fingerprint density at radius 3 is 2.53 bits per heavy atom. The molecule has 0 radical (unpaired) electrons. The van der Waals surface area contributed by atoms with Crippen molar-refractivity contribution in [1.29, 1.82) is 0 Å². The highest BCUT2D eigenvalue weighted by atomic mass is 79.9. The van der Waals surface area contributed by atoms with E-state index in [9.17, 15) is 4.79 Å². The Morgan fingerprint density at radius 1 is 1.40 bits per heavy atom. The van der Waals surface area contributed by atoms with Gasteiger partial charge in [0.2, 0.25) is 5.24 Å². The van der Waals surface area contributed by atoms with Crippen molar-refractivity contribution in [2.75, 3.05) is 14.2 Å². The number of methoxy groups -OCH3 is 2. The summed E-state index contributed by atoms with van der Waals surface area (Å²) in [5, 5.41) is -0.442. The third kappa shape index (κ3) is 2.86. The van der Waals surface area contributed by atoms with Crippen molar-refractivity contribution in [1.82, 2.24) is 0 Å². The van der Waals surface area contributed by atoms with Crippen LogP contribution in [0, 0.1) is 0 Å². The summed E-state index contributed by atoms with van der Waals surface area (Å²) >= 11 is 8.69. The smallest absolute Gasteiger partial charge is 0.226 e. The molecule has 0 aliphatic rings. The third-order valence-electron chi connectivity index (χ3n) is 1.91. The van der Waals surface area contributed by atoms with E-state index in [1.54, 1.807) is 12.1 Å².